The van der Waals surface area contributed by atoms with E-state index in [1.54, 1.807) is 0 Å². The third-order valence-electron chi connectivity index (χ3n) is 1.72. The van der Waals surface area contributed by atoms with Gasteiger partial charge in [-0.05, 0) is 18.2 Å². The minimum Gasteiger partial charge on any atom is -0.478 e. The average Bonchev–Trinajstić information content (AvgIpc) is 2.24. The van der Waals surface area contributed by atoms with Crippen LogP contribution in [0.25, 0.3) is 6.08 Å². The number of carboxylic acids is 1. The third-order valence-corrected chi connectivity index (χ3v) is 1.72. The first-order valence-corrected chi connectivity index (χ1v) is 4.46. The van der Waals surface area contributed by atoms with Gasteiger partial charge in [0.25, 0.3) is 0 Å². The number of carbonyl (C=O) groups is 1. The van der Waals surface area contributed by atoms with Crippen LogP contribution >= 0.6 is 0 Å². The van der Waals surface area contributed by atoms with Crippen molar-refractivity contribution in [2.45, 2.75) is 0 Å². The Morgan fingerprint density at radius 1 is 1.56 bits per heavy atom. The molecule has 0 atom stereocenters. The lowest BCUT2D eigenvalue weighted by atomic mass is 10.2. The van der Waals surface area contributed by atoms with Crippen molar-refractivity contribution in [3.8, 4) is 5.75 Å². The molecule has 0 amide bonds. The van der Waals surface area contributed by atoms with Crippen molar-refractivity contribution in [1.82, 2.24) is 0 Å². The second-order valence-electron chi connectivity index (χ2n) is 2.91. The predicted molar refractivity (Wildman–Crippen MR) is 55.6 cm³/mol. The fraction of sp³-hybridized carbons (Fsp3) is 0.182. The SMILES string of the molecule is COCOc1ccc(C=CC(=O)O)c(F)c1. The van der Waals surface area contributed by atoms with Crippen molar-refractivity contribution in [2.75, 3.05) is 13.9 Å². The highest BCUT2D eigenvalue weighted by Crippen LogP contribution is 2.17. The van der Waals surface area contributed by atoms with Crippen LogP contribution in [0, 0.1) is 5.82 Å². The minimum absolute atomic E-state index is 0.0315. The van der Waals surface area contributed by atoms with E-state index in [9.17, 15) is 9.18 Å². The maximum atomic E-state index is 13.4. The van der Waals surface area contributed by atoms with Crippen LogP contribution < -0.4 is 4.74 Å². The van der Waals surface area contributed by atoms with Crippen LogP contribution in [-0.2, 0) is 9.53 Å². The summed E-state index contributed by atoms with van der Waals surface area (Å²) < 4.78 is 23.0. The number of aliphatic carboxylic acids is 1. The van der Waals surface area contributed by atoms with Crippen molar-refractivity contribution in [2.24, 2.45) is 0 Å². The van der Waals surface area contributed by atoms with Crippen LogP contribution in [0.5, 0.6) is 5.75 Å². The highest BCUT2D eigenvalue weighted by molar-refractivity contribution is 5.85. The number of rotatable bonds is 5. The number of hydrogen-bond donors (Lipinski definition) is 1. The van der Waals surface area contributed by atoms with Crippen LogP contribution in [0.15, 0.2) is 24.3 Å². The third kappa shape index (κ3) is 3.70. The van der Waals surface area contributed by atoms with Crippen molar-refractivity contribution in [1.29, 1.82) is 0 Å². The summed E-state index contributed by atoms with van der Waals surface area (Å²) in [5.41, 5.74) is 0.187. The first kappa shape index (κ1) is 12.2. The number of halogens is 1. The van der Waals surface area contributed by atoms with Crippen molar-refractivity contribution in [3.63, 3.8) is 0 Å². The molecule has 0 aliphatic heterocycles. The molecule has 0 fully saturated rings. The molecule has 0 bridgehead atoms. The van der Waals surface area contributed by atoms with E-state index in [-0.39, 0.29) is 12.4 Å². The summed E-state index contributed by atoms with van der Waals surface area (Å²) in [5, 5.41) is 8.39. The Hall–Kier alpha value is -1.88. The predicted octanol–water partition coefficient (Wildman–Crippen LogP) is 1.91. The molecule has 1 aromatic carbocycles. The van der Waals surface area contributed by atoms with Gasteiger partial charge in [0.15, 0.2) is 6.79 Å². The van der Waals surface area contributed by atoms with E-state index < -0.39 is 11.8 Å². The van der Waals surface area contributed by atoms with Gasteiger partial charge in [-0.3, -0.25) is 0 Å². The lowest BCUT2D eigenvalue weighted by Crippen LogP contribution is -1.99. The molecule has 0 saturated carbocycles. The molecule has 0 aliphatic rings. The minimum atomic E-state index is -1.13. The molecule has 16 heavy (non-hydrogen) atoms. The lowest BCUT2D eigenvalue weighted by molar-refractivity contribution is -0.131. The van der Waals surface area contributed by atoms with Gasteiger partial charge in [0, 0.05) is 24.8 Å². The van der Waals surface area contributed by atoms with E-state index in [1.165, 1.54) is 31.4 Å². The Labute approximate surface area is 91.9 Å². The molecule has 0 heterocycles. The molecule has 4 nitrogen and oxygen atoms in total. The largest absolute Gasteiger partial charge is 0.478 e. The quantitative estimate of drug-likeness (QED) is 0.615. The number of carboxylic acid groups (broad SMARTS) is 1. The average molecular weight is 226 g/mol. The molecule has 0 aromatic heterocycles. The molecular weight excluding hydrogens is 215 g/mol. The van der Waals surface area contributed by atoms with Gasteiger partial charge in [0.2, 0.25) is 0 Å². The summed E-state index contributed by atoms with van der Waals surface area (Å²) in [4.78, 5) is 10.2. The van der Waals surface area contributed by atoms with E-state index in [4.69, 9.17) is 9.84 Å². The van der Waals surface area contributed by atoms with Crippen LogP contribution in [0.3, 0.4) is 0 Å². The Morgan fingerprint density at radius 2 is 2.31 bits per heavy atom. The molecule has 1 rings (SSSR count). The summed E-state index contributed by atoms with van der Waals surface area (Å²) in [6.45, 7) is 0.0315. The fourth-order valence-corrected chi connectivity index (χ4v) is 1.02. The molecule has 0 aliphatic carbocycles. The maximum absolute atomic E-state index is 13.4. The molecule has 1 aromatic rings. The normalized spacial score (nSPS) is 10.6. The first-order valence-electron chi connectivity index (χ1n) is 4.46. The Kier molecular flexibility index (Phi) is 4.47. The monoisotopic (exact) mass is 226 g/mol. The van der Waals surface area contributed by atoms with Crippen LogP contribution in [0.1, 0.15) is 5.56 Å². The van der Waals surface area contributed by atoms with Gasteiger partial charge in [-0.1, -0.05) is 0 Å². The second kappa shape index (κ2) is 5.87. The Balaban J connectivity index is 2.79. The molecule has 0 saturated heterocycles. The molecule has 86 valence electrons. The number of hydrogen-bond acceptors (Lipinski definition) is 3. The van der Waals surface area contributed by atoms with Gasteiger partial charge in [-0.25, -0.2) is 9.18 Å². The first-order chi connectivity index (χ1) is 7.63. The zero-order valence-electron chi connectivity index (χ0n) is 8.64. The van der Waals surface area contributed by atoms with E-state index >= 15 is 0 Å². The zero-order valence-corrected chi connectivity index (χ0v) is 8.64. The van der Waals surface area contributed by atoms with E-state index in [0.29, 0.717) is 5.75 Å². The second-order valence-corrected chi connectivity index (χ2v) is 2.91. The number of ether oxygens (including phenoxy) is 2. The van der Waals surface area contributed by atoms with Crippen molar-refractivity contribution < 1.29 is 23.8 Å². The lowest BCUT2D eigenvalue weighted by Gasteiger charge is -2.05. The van der Waals surface area contributed by atoms with Gasteiger partial charge in [-0.15, -0.1) is 0 Å². The molecular formula is C11H11FO4. The fourth-order valence-electron chi connectivity index (χ4n) is 1.02. The number of methoxy groups -OCH3 is 1. The van der Waals surface area contributed by atoms with Gasteiger partial charge in [-0.2, -0.15) is 0 Å². The molecule has 0 radical (unpaired) electrons. The summed E-state index contributed by atoms with van der Waals surface area (Å²) >= 11 is 0. The van der Waals surface area contributed by atoms with Gasteiger partial charge < -0.3 is 14.6 Å². The van der Waals surface area contributed by atoms with Crippen LogP contribution in [0.2, 0.25) is 0 Å². The van der Waals surface area contributed by atoms with Gasteiger partial charge in [0.1, 0.15) is 11.6 Å². The number of benzene rings is 1. The van der Waals surface area contributed by atoms with Crippen molar-refractivity contribution >= 4 is 12.0 Å². The van der Waals surface area contributed by atoms with Crippen molar-refractivity contribution in [3.05, 3.63) is 35.7 Å². The topological polar surface area (TPSA) is 55.8 Å². The zero-order chi connectivity index (χ0) is 12.0. The summed E-state index contributed by atoms with van der Waals surface area (Å²) in [7, 11) is 1.46. The maximum Gasteiger partial charge on any atom is 0.328 e. The smallest absolute Gasteiger partial charge is 0.328 e. The highest BCUT2D eigenvalue weighted by Gasteiger charge is 2.02. The van der Waals surface area contributed by atoms with Crippen LogP contribution in [-0.4, -0.2) is 25.0 Å². The Morgan fingerprint density at radius 3 is 2.88 bits per heavy atom. The molecule has 1 N–H and O–H groups in total. The van der Waals surface area contributed by atoms with Gasteiger partial charge >= 0.3 is 5.97 Å². The molecule has 0 unspecified atom stereocenters. The summed E-state index contributed by atoms with van der Waals surface area (Å²) in [6, 6.07) is 4.13. The van der Waals surface area contributed by atoms with Gasteiger partial charge in [0.05, 0.1) is 0 Å². The summed E-state index contributed by atoms with van der Waals surface area (Å²) in [6.07, 6.45) is 2.05. The standard InChI is InChI=1S/C11H11FO4/c1-15-7-16-9-4-2-8(10(12)6-9)3-5-11(13)14/h2-6H,7H2,1H3,(H,13,14). The van der Waals surface area contributed by atoms with E-state index in [0.717, 1.165) is 6.08 Å². The summed E-state index contributed by atoms with van der Waals surface area (Å²) in [5.74, 6) is -1.35. The van der Waals surface area contributed by atoms with E-state index in [2.05, 4.69) is 4.74 Å². The Bertz CT molecular complexity index is 401. The van der Waals surface area contributed by atoms with E-state index in [1.807, 2.05) is 0 Å². The molecule has 5 heteroatoms. The highest BCUT2D eigenvalue weighted by atomic mass is 19.1. The molecule has 0 spiro atoms. The van der Waals surface area contributed by atoms with Crippen LogP contribution in [0.4, 0.5) is 4.39 Å².